The Kier molecular flexibility index (Phi) is 6.08. The number of carbonyl (C=O) groups excluding carboxylic acids is 2. The molecule has 1 aromatic heterocycles. The number of nitrogens with one attached hydrogen (secondary N) is 1. The summed E-state index contributed by atoms with van der Waals surface area (Å²) in [6.07, 6.45) is 0. The van der Waals surface area contributed by atoms with Crippen LogP contribution in [0.5, 0.6) is 5.75 Å². The molecular weight excluding hydrogens is 364 g/mol. The van der Waals surface area contributed by atoms with Gasteiger partial charge in [0.25, 0.3) is 5.91 Å². The number of hydrogen-bond acceptors (Lipinski definition) is 6. The SMILES string of the molecule is CC(NC(=O)c1cscn1)C(=O)N1Cc2ccccc2OCC1CN(C)C. The van der Waals surface area contributed by atoms with Crippen molar-refractivity contribution in [2.75, 3.05) is 27.2 Å². The second kappa shape index (κ2) is 8.49. The first kappa shape index (κ1) is 19.3. The van der Waals surface area contributed by atoms with Gasteiger partial charge in [0.15, 0.2) is 0 Å². The number of ether oxygens (including phenoxy) is 1. The largest absolute Gasteiger partial charge is 0.491 e. The minimum atomic E-state index is -0.658. The molecule has 0 aliphatic carbocycles. The molecule has 144 valence electrons. The normalized spacial score (nSPS) is 17.6. The lowest BCUT2D eigenvalue weighted by Gasteiger charge is -2.33. The zero-order chi connectivity index (χ0) is 19.4. The van der Waals surface area contributed by atoms with Crippen LogP contribution in [0, 0.1) is 0 Å². The van der Waals surface area contributed by atoms with Gasteiger partial charge in [0, 0.05) is 24.0 Å². The van der Waals surface area contributed by atoms with E-state index in [0.717, 1.165) is 11.3 Å². The topological polar surface area (TPSA) is 74.8 Å². The third kappa shape index (κ3) is 4.64. The van der Waals surface area contributed by atoms with Gasteiger partial charge in [-0.3, -0.25) is 9.59 Å². The Morgan fingerprint density at radius 3 is 2.89 bits per heavy atom. The van der Waals surface area contributed by atoms with Gasteiger partial charge >= 0.3 is 0 Å². The van der Waals surface area contributed by atoms with Crippen LogP contribution in [0.25, 0.3) is 0 Å². The Morgan fingerprint density at radius 1 is 1.41 bits per heavy atom. The van der Waals surface area contributed by atoms with Crippen LogP contribution in [-0.4, -0.2) is 65.9 Å². The summed E-state index contributed by atoms with van der Waals surface area (Å²) in [5.74, 6) is 0.328. The molecule has 2 unspecified atom stereocenters. The molecule has 0 bridgehead atoms. The van der Waals surface area contributed by atoms with Gasteiger partial charge < -0.3 is 19.9 Å². The number of amides is 2. The Labute approximate surface area is 162 Å². The second-order valence-electron chi connectivity index (χ2n) is 6.87. The maximum atomic E-state index is 13.2. The first-order valence-electron chi connectivity index (χ1n) is 8.80. The Morgan fingerprint density at radius 2 is 2.19 bits per heavy atom. The average molecular weight is 388 g/mol. The van der Waals surface area contributed by atoms with Crippen LogP contribution in [0.3, 0.4) is 0 Å². The highest BCUT2D eigenvalue weighted by Crippen LogP contribution is 2.25. The van der Waals surface area contributed by atoms with E-state index >= 15 is 0 Å². The summed E-state index contributed by atoms with van der Waals surface area (Å²) in [4.78, 5) is 33.3. The molecule has 1 aromatic carbocycles. The number of thiazole rings is 1. The fourth-order valence-corrected chi connectivity index (χ4v) is 3.63. The quantitative estimate of drug-likeness (QED) is 0.842. The fourth-order valence-electron chi connectivity index (χ4n) is 3.10. The van der Waals surface area contributed by atoms with Gasteiger partial charge in [0.2, 0.25) is 5.91 Å². The number of nitrogens with zero attached hydrogens (tertiary/aromatic N) is 3. The summed E-state index contributed by atoms with van der Waals surface area (Å²) in [5.41, 5.74) is 2.89. The van der Waals surface area contributed by atoms with Gasteiger partial charge in [-0.1, -0.05) is 18.2 Å². The van der Waals surface area contributed by atoms with Crippen molar-refractivity contribution in [3.63, 3.8) is 0 Å². The van der Waals surface area contributed by atoms with Gasteiger partial charge in [-0.25, -0.2) is 4.98 Å². The highest BCUT2D eigenvalue weighted by Gasteiger charge is 2.32. The van der Waals surface area contributed by atoms with Crippen molar-refractivity contribution in [1.82, 2.24) is 20.1 Å². The van der Waals surface area contributed by atoms with Gasteiger partial charge in [-0.2, -0.15) is 0 Å². The van der Waals surface area contributed by atoms with Crippen molar-refractivity contribution in [2.45, 2.75) is 25.6 Å². The Hall–Kier alpha value is -2.45. The van der Waals surface area contributed by atoms with E-state index in [1.807, 2.05) is 43.3 Å². The predicted molar refractivity (Wildman–Crippen MR) is 104 cm³/mol. The lowest BCUT2D eigenvalue weighted by atomic mass is 10.1. The molecule has 1 aliphatic rings. The molecule has 8 heteroatoms. The third-order valence-electron chi connectivity index (χ3n) is 4.43. The molecule has 0 saturated heterocycles. The maximum Gasteiger partial charge on any atom is 0.271 e. The average Bonchev–Trinajstić information content (AvgIpc) is 3.12. The number of carbonyl (C=O) groups is 2. The molecule has 1 aliphatic heterocycles. The first-order valence-corrected chi connectivity index (χ1v) is 9.75. The van der Waals surface area contributed by atoms with Crippen LogP contribution in [0.15, 0.2) is 35.2 Å². The van der Waals surface area contributed by atoms with E-state index in [4.69, 9.17) is 4.74 Å². The van der Waals surface area contributed by atoms with Crippen molar-refractivity contribution in [2.24, 2.45) is 0 Å². The molecule has 7 nitrogen and oxygen atoms in total. The molecule has 27 heavy (non-hydrogen) atoms. The number of benzene rings is 1. The van der Waals surface area contributed by atoms with Crippen LogP contribution in [-0.2, 0) is 11.3 Å². The minimum Gasteiger partial charge on any atom is -0.491 e. The lowest BCUT2D eigenvalue weighted by Crippen LogP contribution is -2.53. The van der Waals surface area contributed by atoms with Crippen LogP contribution >= 0.6 is 11.3 Å². The van der Waals surface area contributed by atoms with E-state index in [0.29, 0.717) is 25.4 Å². The number of fused-ring (bicyclic) bond motifs is 1. The molecule has 2 aromatic rings. The van der Waals surface area contributed by atoms with E-state index in [1.54, 1.807) is 22.7 Å². The molecule has 2 amide bonds. The lowest BCUT2D eigenvalue weighted by molar-refractivity contribution is -0.136. The Bertz CT molecular complexity index is 794. The zero-order valence-corrected chi connectivity index (χ0v) is 16.5. The molecule has 0 fully saturated rings. The maximum absolute atomic E-state index is 13.2. The van der Waals surface area contributed by atoms with Gasteiger partial charge in [0.1, 0.15) is 24.1 Å². The van der Waals surface area contributed by atoms with Crippen molar-refractivity contribution < 1.29 is 14.3 Å². The van der Waals surface area contributed by atoms with Crippen LogP contribution in [0.1, 0.15) is 23.0 Å². The van der Waals surface area contributed by atoms with Gasteiger partial charge in [0.05, 0.1) is 11.6 Å². The number of rotatable bonds is 5. The van der Waals surface area contributed by atoms with E-state index in [1.165, 1.54) is 11.3 Å². The molecule has 2 atom stereocenters. The number of aromatic nitrogens is 1. The summed E-state index contributed by atoms with van der Waals surface area (Å²) in [7, 11) is 3.93. The molecule has 0 spiro atoms. The van der Waals surface area contributed by atoms with Crippen LogP contribution in [0.4, 0.5) is 0 Å². The molecule has 0 saturated carbocycles. The summed E-state index contributed by atoms with van der Waals surface area (Å²) < 4.78 is 5.95. The minimum absolute atomic E-state index is 0.112. The summed E-state index contributed by atoms with van der Waals surface area (Å²) in [6.45, 7) is 3.24. The van der Waals surface area contributed by atoms with Gasteiger partial charge in [-0.15, -0.1) is 11.3 Å². The van der Waals surface area contributed by atoms with Crippen LogP contribution < -0.4 is 10.1 Å². The molecular formula is C19H24N4O3S. The van der Waals surface area contributed by atoms with Crippen LogP contribution in [0.2, 0.25) is 0 Å². The highest BCUT2D eigenvalue weighted by atomic mass is 32.1. The highest BCUT2D eigenvalue weighted by molar-refractivity contribution is 7.07. The Balaban J connectivity index is 1.78. The monoisotopic (exact) mass is 388 g/mol. The molecule has 2 heterocycles. The van der Waals surface area contributed by atoms with Crippen molar-refractivity contribution in [1.29, 1.82) is 0 Å². The van der Waals surface area contributed by atoms with Crippen molar-refractivity contribution in [3.05, 3.63) is 46.4 Å². The van der Waals surface area contributed by atoms with E-state index in [2.05, 4.69) is 10.3 Å². The number of likely N-dealkylation sites (N-methyl/N-ethyl adjacent to an activating group) is 1. The fraction of sp³-hybridized carbons (Fsp3) is 0.421. The summed E-state index contributed by atoms with van der Waals surface area (Å²) >= 11 is 1.34. The summed E-state index contributed by atoms with van der Waals surface area (Å²) in [6, 6.07) is 6.97. The molecule has 1 N–H and O–H groups in total. The van der Waals surface area contributed by atoms with Crippen molar-refractivity contribution in [3.8, 4) is 5.75 Å². The molecule has 0 radical (unpaired) electrons. The zero-order valence-electron chi connectivity index (χ0n) is 15.7. The second-order valence-corrected chi connectivity index (χ2v) is 7.59. The standard InChI is InChI=1S/C19H24N4O3S/c1-13(21-18(24)16-11-27-12-20-16)19(25)23-8-14-6-4-5-7-17(14)26-10-15(23)9-22(2)3/h4-7,11-13,15H,8-10H2,1-3H3,(H,21,24). The number of para-hydroxylation sites is 1. The smallest absolute Gasteiger partial charge is 0.271 e. The first-order chi connectivity index (χ1) is 13.0. The van der Waals surface area contributed by atoms with Crippen molar-refractivity contribution >= 4 is 23.2 Å². The number of hydrogen-bond donors (Lipinski definition) is 1. The molecule has 3 rings (SSSR count). The van der Waals surface area contributed by atoms with E-state index in [9.17, 15) is 9.59 Å². The van der Waals surface area contributed by atoms with Gasteiger partial charge in [-0.05, 0) is 27.1 Å². The van der Waals surface area contributed by atoms with E-state index < -0.39 is 6.04 Å². The van der Waals surface area contributed by atoms with E-state index in [-0.39, 0.29) is 17.9 Å². The summed E-state index contributed by atoms with van der Waals surface area (Å²) in [5, 5.41) is 4.42. The predicted octanol–water partition coefficient (Wildman–Crippen LogP) is 1.61. The third-order valence-corrected chi connectivity index (χ3v) is 5.01.